The summed E-state index contributed by atoms with van der Waals surface area (Å²) in [6.45, 7) is 4.64. The molecule has 0 saturated carbocycles. The topological polar surface area (TPSA) is 90.9 Å². The Balaban J connectivity index is 1.55. The Kier molecular flexibility index (Phi) is 7.08. The van der Waals surface area contributed by atoms with Crippen molar-refractivity contribution in [1.29, 1.82) is 0 Å². The zero-order chi connectivity index (χ0) is 26.1. The van der Waals surface area contributed by atoms with Gasteiger partial charge in [0.2, 0.25) is 5.91 Å². The molecule has 2 aliphatic heterocycles. The fraction of sp³-hybridized carbons (Fsp3) is 0.429. The molecule has 9 heteroatoms. The van der Waals surface area contributed by atoms with E-state index in [0.29, 0.717) is 32.5 Å². The normalized spacial score (nSPS) is 16.4. The second kappa shape index (κ2) is 10.4. The minimum Gasteiger partial charge on any atom is -0.375 e. The first-order chi connectivity index (χ1) is 17.9. The van der Waals surface area contributed by atoms with Gasteiger partial charge in [-0.05, 0) is 56.1 Å². The predicted molar refractivity (Wildman–Crippen MR) is 143 cm³/mol. The predicted octanol–water partition coefficient (Wildman–Crippen LogP) is 3.33. The first kappa shape index (κ1) is 25.1. The summed E-state index contributed by atoms with van der Waals surface area (Å²) < 4.78 is 5.02. The number of ether oxygens (including phenoxy) is 1. The molecule has 0 radical (unpaired) electrons. The van der Waals surface area contributed by atoms with E-state index in [9.17, 15) is 9.59 Å². The van der Waals surface area contributed by atoms with Crippen LogP contribution in [0.3, 0.4) is 0 Å². The maximum absolute atomic E-state index is 13.6. The number of rotatable bonds is 6. The van der Waals surface area contributed by atoms with Gasteiger partial charge >= 0.3 is 6.03 Å². The van der Waals surface area contributed by atoms with Gasteiger partial charge in [0.15, 0.2) is 0 Å². The van der Waals surface area contributed by atoms with E-state index in [1.807, 2.05) is 42.2 Å². The fourth-order valence-corrected chi connectivity index (χ4v) is 5.38. The highest BCUT2D eigenvalue weighted by Crippen LogP contribution is 2.38. The average Bonchev–Trinajstić information content (AvgIpc) is 2.91. The van der Waals surface area contributed by atoms with Crippen LogP contribution in [0.15, 0.2) is 36.5 Å². The van der Waals surface area contributed by atoms with Gasteiger partial charge in [0.25, 0.3) is 0 Å². The number of benzene rings is 1. The molecule has 4 heterocycles. The summed E-state index contributed by atoms with van der Waals surface area (Å²) >= 11 is 0. The van der Waals surface area contributed by atoms with Crippen molar-refractivity contribution in [2.45, 2.75) is 38.9 Å². The molecule has 0 atom stereocenters. The zero-order valence-corrected chi connectivity index (χ0v) is 22.0. The van der Waals surface area contributed by atoms with Crippen LogP contribution >= 0.6 is 0 Å². The second-order valence-corrected chi connectivity index (χ2v) is 9.92. The van der Waals surface area contributed by atoms with Crippen molar-refractivity contribution in [2.24, 2.45) is 0 Å². The third kappa shape index (κ3) is 4.76. The Morgan fingerprint density at radius 2 is 1.97 bits per heavy atom. The van der Waals surface area contributed by atoms with Crippen LogP contribution < -0.4 is 10.2 Å². The van der Waals surface area contributed by atoms with Crippen molar-refractivity contribution in [3.63, 3.8) is 0 Å². The quantitative estimate of drug-likeness (QED) is 0.556. The molecular formula is C28H34N6O3. The summed E-state index contributed by atoms with van der Waals surface area (Å²) in [7, 11) is 5.29. The lowest BCUT2D eigenvalue weighted by Crippen LogP contribution is -2.54. The molecule has 0 bridgehead atoms. The second-order valence-electron chi connectivity index (χ2n) is 9.92. The van der Waals surface area contributed by atoms with E-state index in [2.05, 4.69) is 35.4 Å². The smallest absolute Gasteiger partial charge is 0.324 e. The van der Waals surface area contributed by atoms with Crippen molar-refractivity contribution < 1.29 is 14.3 Å². The molecule has 1 saturated heterocycles. The standard InChI is InChI=1S/C28H34N6O3/c1-18-5-6-19(13-20(18)14-29-2)23-7-8-24-26(31-23)27-21(15-30-24)16-32(3)28(36)34(27)22-9-11-33(12-10-22)25(35)17-37-4/h5-8,13,15,22,29H,9-12,14,16-17H2,1-4H3. The van der Waals surface area contributed by atoms with Crippen LogP contribution in [0.2, 0.25) is 0 Å². The van der Waals surface area contributed by atoms with Gasteiger partial charge in [0, 0.05) is 57.2 Å². The number of urea groups is 1. The molecule has 0 aliphatic carbocycles. The van der Waals surface area contributed by atoms with Gasteiger partial charge in [0.05, 0.1) is 23.4 Å². The summed E-state index contributed by atoms with van der Waals surface area (Å²) in [4.78, 5) is 41.1. The summed E-state index contributed by atoms with van der Waals surface area (Å²) in [6.07, 6.45) is 3.26. The highest BCUT2D eigenvalue weighted by atomic mass is 16.5. The Morgan fingerprint density at radius 3 is 2.70 bits per heavy atom. The molecule has 0 spiro atoms. The van der Waals surface area contributed by atoms with Crippen LogP contribution in [0.1, 0.15) is 29.5 Å². The van der Waals surface area contributed by atoms with Crippen molar-refractivity contribution >= 4 is 28.7 Å². The number of nitrogens with zero attached hydrogens (tertiary/aromatic N) is 5. The molecule has 9 nitrogen and oxygen atoms in total. The first-order valence-electron chi connectivity index (χ1n) is 12.8. The SMILES string of the molecule is CNCc1cc(-c2ccc3ncc4c(c3n2)N(C2CCN(C(=O)COC)CC2)C(=O)N(C)C4)ccc1C. The lowest BCUT2D eigenvalue weighted by atomic mass is 9.99. The van der Waals surface area contributed by atoms with E-state index in [-0.39, 0.29) is 24.6 Å². The third-order valence-corrected chi connectivity index (χ3v) is 7.41. The maximum atomic E-state index is 13.6. The van der Waals surface area contributed by atoms with E-state index >= 15 is 0 Å². The molecule has 3 aromatic rings. The van der Waals surface area contributed by atoms with Crippen LogP contribution in [0.4, 0.5) is 10.5 Å². The number of piperidine rings is 1. The van der Waals surface area contributed by atoms with Crippen molar-refractivity contribution in [3.8, 4) is 11.3 Å². The number of aromatic nitrogens is 2. The van der Waals surface area contributed by atoms with Gasteiger partial charge in [0.1, 0.15) is 12.1 Å². The van der Waals surface area contributed by atoms with E-state index in [1.54, 1.807) is 4.90 Å². The molecule has 3 amide bonds. The lowest BCUT2D eigenvalue weighted by Gasteiger charge is -2.43. The minimum absolute atomic E-state index is 0.0138. The van der Waals surface area contributed by atoms with Crippen molar-refractivity contribution in [1.82, 2.24) is 25.1 Å². The van der Waals surface area contributed by atoms with E-state index < -0.39 is 0 Å². The third-order valence-electron chi connectivity index (χ3n) is 7.41. The number of aryl methyl sites for hydroxylation is 1. The summed E-state index contributed by atoms with van der Waals surface area (Å²) in [5.74, 6) is -0.0138. The number of methoxy groups -OCH3 is 1. The molecule has 1 aromatic carbocycles. The summed E-state index contributed by atoms with van der Waals surface area (Å²) in [6, 6.07) is 10.3. The van der Waals surface area contributed by atoms with Crippen LogP contribution in [0.25, 0.3) is 22.3 Å². The number of fused-ring (bicyclic) bond motifs is 3. The number of likely N-dealkylation sites (tertiary alicyclic amines) is 1. The van der Waals surface area contributed by atoms with Gasteiger partial charge in [-0.2, -0.15) is 0 Å². The summed E-state index contributed by atoms with van der Waals surface area (Å²) in [5, 5.41) is 3.23. The maximum Gasteiger partial charge on any atom is 0.324 e. The van der Waals surface area contributed by atoms with Crippen LogP contribution in [0.5, 0.6) is 0 Å². The van der Waals surface area contributed by atoms with Crippen LogP contribution in [-0.4, -0.2) is 78.6 Å². The number of anilines is 1. The largest absolute Gasteiger partial charge is 0.375 e. The van der Waals surface area contributed by atoms with Gasteiger partial charge in [-0.3, -0.25) is 14.7 Å². The lowest BCUT2D eigenvalue weighted by molar-refractivity contribution is -0.136. The van der Waals surface area contributed by atoms with Crippen LogP contribution in [0, 0.1) is 6.92 Å². The molecule has 5 rings (SSSR count). The zero-order valence-electron chi connectivity index (χ0n) is 22.0. The Morgan fingerprint density at radius 1 is 1.19 bits per heavy atom. The molecule has 1 N–H and O–H groups in total. The van der Waals surface area contributed by atoms with Gasteiger partial charge in [-0.1, -0.05) is 12.1 Å². The number of carbonyl (C=O) groups is 2. The molecular weight excluding hydrogens is 468 g/mol. The van der Waals surface area contributed by atoms with E-state index in [1.165, 1.54) is 18.2 Å². The van der Waals surface area contributed by atoms with Gasteiger partial charge in [-0.15, -0.1) is 0 Å². The van der Waals surface area contributed by atoms with Gasteiger partial charge < -0.3 is 19.9 Å². The monoisotopic (exact) mass is 502 g/mol. The van der Waals surface area contributed by atoms with Crippen molar-refractivity contribution in [3.05, 3.63) is 53.2 Å². The Hall–Kier alpha value is -3.56. The van der Waals surface area contributed by atoms with E-state index in [4.69, 9.17) is 9.72 Å². The number of carbonyl (C=O) groups excluding carboxylic acids is 2. The molecule has 37 heavy (non-hydrogen) atoms. The highest BCUT2D eigenvalue weighted by Gasteiger charge is 2.37. The molecule has 0 unspecified atom stereocenters. The minimum atomic E-state index is -0.0412. The number of nitrogens with one attached hydrogen (secondary N) is 1. The Labute approximate surface area is 217 Å². The van der Waals surface area contributed by atoms with Gasteiger partial charge in [-0.25, -0.2) is 9.78 Å². The highest BCUT2D eigenvalue weighted by molar-refractivity contribution is 6.04. The molecule has 1 fully saturated rings. The first-order valence-corrected chi connectivity index (χ1v) is 12.8. The van der Waals surface area contributed by atoms with E-state index in [0.717, 1.165) is 40.1 Å². The number of amides is 3. The average molecular weight is 503 g/mol. The van der Waals surface area contributed by atoms with Crippen LogP contribution in [-0.2, 0) is 22.6 Å². The summed E-state index contributed by atoms with van der Waals surface area (Å²) in [5.41, 5.74) is 7.68. The number of hydrogen-bond acceptors (Lipinski definition) is 6. The molecule has 2 aromatic heterocycles. The fourth-order valence-electron chi connectivity index (χ4n) is 5.38. The van der Waals surface area contributed by atoms with Crippen molar-refractivity contribution in [2.75, 3.05) is 45.8 Å². The molecule has 2 aliphatic rings. The Bertz CT molecular complexity index is 1330. The molecule has 194 valence electrons. The number of pyridine rings is 2. The number of hydrogen-bond donors (Lipinski definition) is 1.